The third-order valence-corrected chi connectivity index (χ3v) is 3.24. The summed E-state index contributed by atoms with van der Waals surface area (Å²) in [6.45, 7) is 3.81. The van der Waals surface area contributed by atoms with Crippen LogP contribution in [-0.2, 0) is 4.74 Å². The summed E-state index contributed by atoms with van der Waals surface area (Å²) >= 11 is 5.14. The van der Waals surface area contributed by atoms with E-state index in [4.69, 9.17) is 22.7 Å². The third kappa shape index (κ3) is 2.46. The first-order valence-electron chi connectivity index (χ1n) is 5.89. The number of hydrogen-bond donors (Lipinski definition) is 3. The van der Waals surface area contributed by atoms with Gasteiger partial charge in [-0.05, 0) is 5.92 Å². The Hall–Kier alpha value is -1.51. The second kappa shape index (κ2) is 5.24. The van der Waals surface area contributed by atoms with Gasteiger partial charge in [0.05, 0.1) is 6.33 Å². The van der Waals surface area contributed by atoms with Crippen molar-refractivity contribution in [3.8, 4) is 0 Å². The SMILES string of the molecule is COC(C(O)C(C)C)n1cnc2c(=S)[nH]c(N)nc21. The van der Waals surface area contributed by atoms with Gasteiger partial charge in [0.2, 0.25) is 5.95 Å². The Balaban J connectivity index is 2.58. The number of rotatable bonds is 4. The zero-order chi connectivity index (χ0) is 14.2. The fourth-order valence-electron chi connectivity index (χ4n) is 1.88. The molecule has 2 heterocycles. The van der Waals surface area contributed by atoms with Gasteiger partial charge in [-0.25, -0.2) is 4.98 Å². The van der Waals surface area contributed by atoms with E-state index in [1.54, 1.807) is 10.9 Å². The number of nitrogens with zero attached hydrogens (tertiary/aromatic N) is 3. The van der Waals surface area contributed by atoms with Crippen molar-refractivity contribution in [1.82, 2.24) is 19.5 Å². The van der Waals surface area contributed by atoms with Crippen LogP contribution in [0.4, 0.5) is 5.95 Å². The summed E-state index contributed by atoms with van der Waals surface area (Å²) < 4.78 is 7.40. The van der Waals surface area contributed by atoms with E-state index < -0.39 is 12.3 Å². The van der Waals surface area contributed by atoms with E-state index >= 15 is 0 Å². The molecular formula is C11H17N5O2S. The van der Waals surface area contributed by atoms with Crippen molar-refractivity contribution < 1.29 is 9.84 Å². The van der Waals surface area contributed by atoms with Gasteiger partial charge >= 0.3 is 0 Å². The topological polar surface area (TPSA) is 102 Å². The molecule has 0 bridgehead atoms. The largest absolute Gasteiger partial charge is 0.388 e. The molecule has 0 fully saturated rings. The van der Waals surface area contributed by atoms with E-state index in [1.165, 1.54) is 7.11 Å². The van der Waals surface area contributed by atoms with Crippen LogP contribution in [-0.4, -0.2) is 37.8 Å². The van der Waals surface area contributed by atoms with Gasteiger partial charge in [0.25, 0.3) is 0 Å². The highest BCUT2D eigenvalue weighted by Gasteiger charge is 2.25. The molecule has 2 aromatic rings. The first kappa shape index (κ1) is 13.9. The molecule has 0 aromatic carbocycles. The number of fused-ring (bicyclic) bond motifs is 1. The van der Waals surface area contributed by atoms with Crippen LogP contribution in [0.25, 0.3) is 11.2 Å². The monoisotopic (exact) mass is 283 g/mol. The van der Waals surface area contributed by atoms with Crippen LogP contribution >= 0.6 is 12.2 Å². The smallest absolute Gasteiger partial charge is 0.200 e. The molecule has 0 saturated heterocycles. The number of nitrogens with two attached hydrogens (primary N) is 1. The lowest BCUT2D eigenvalue weighted by Crippen LogP contribution is -2.30. The number of methoxy groups -OCH3 is 1. The number of hydrogen-bond acceptors (Lipinski definition) is 6. The minimum atomic E-state index is -0.691. The van der Waals surface area contributed by atoms with Crippen molar-refractivity contribution in [1.29, 1.82) is 0 Å². The van der Waals surface area contributed by atoms with Crippen LogP contribution in [0.5, 0.6) is 0 Å². The summed E-state index contributed by atoms with van der Waals surface area (Å²) in [6, 6.07) is 0. The number of H-pyrrole nitrogens is 1. The Bertz CT molecular complexity index is 636. The molecule has 0 saturated carbocycles. The van der Waals surface area contributed by atoms with Crippen molar-refractivity contribution >= 4 is 29.3 Å². The van der Waals surface area contributed by atoms with E-state index in [0.29, 0.717) is 15.8 Å². The molecule has 4 N–H and O–H groups in total. The lowest BCUT2D eigenvalue weighted by Gasteiger charge is -2.25. The Morgan fingerprint density at radius 2 is 2.21 bits per heavy atom. The zero-order valence-electron chi connectivity index (χ0n) is 11.0. The number of aromatic amines is 1. The number of ether oxygens (including phenoxy) is 1. The summed E-state index contributed by atoms with van der Waals surface area (Å²) in [4.78, 5) is 11.1. The standard InChI is InChI=1S/C11H17N5O2S/c1-5(2)7(17)10(18-3)16-4-13-6-8(16)14-11(12)15-9(6)19/h4-5,7,10,17H,1-3H3,(H3,12,14,15,19). The van der Waals surface area contributed by atoms with Crippen LogP contribution < -0.4 is 5.73 Å². The van der Waals surface area contributed by atoms with Gasteiger partial charge in [-0.15, -0.1) is 0 Å². The van der Waals surface area contributed by atoms with E-state index in [-0.39, 0.29) is 11.9 Å². The fourth-order valence-corrected chi connectivity index (χ4v) is 2.12. The van der Waals surface area contributed by atoms with Gasteiger partial charge < -0.3 is 20.6 Å². The lowest BCUT2D eigenvalue weighted by atomic mass is 10.1. The molecule has 8 heteroatoms. The molecule has 2 atom stereocenters. The highest BCUT2D eigenvalue weighted by atomic mass is 32.1. The highest BCUT2D eigenvalue weighted by molar-refractivity contribution is 7.71. The number of aliphatic hydroxyl groups is 1. The van der Waals surface area contributed by atoms with E-state index in [1.807, 2.05) is 13.8 Å². The van der Waals surface area contributed by atoms with Gasteiger partial charge in [0.1, 0.15) is 16.3 Å². The number of aliphatic hydroxyl groups excluding tert-OH is 1. The first-order chi connectivity index (χ1) is 8.95. The van der Waals surface area contributed by atoms with E-state index in [0.717, 1.165) is 0 Å². The van der Waals surface area contributed by atoms with Gasteiger partial charge in [0, 0.05) is 7.11 Å². The molecule has 0 aliphatic rings. The number of aromatic nitrogens is 4. The van der Waals surface area contributed by atoms with Crippen LogP contribution in [0.15, 0.2) is 6.33 Å². The van der Waals surface area contributed by atoms with Crippen molar-refractivity contribution in [3.63, 3.8) is 0 Å². The second-order valence-corrected chi connectivity index (χ2v) is 5.04. The highest BCUT2D eigenvalue weighted by Crippen LogP contribution is 2.23. The van der Waals surface area contributed by atoms with Crippen molar-refractivity contribution in [3.05, 3.63) is 11.0 Å². The maximum atomic E-state index is 10.2. The summed E-state index contributed by atoms with van der Waals surface area (Å²) in [5, 5.41) is 10.2. The Morgan fingerprint density at radius 3 is 2.79 bits per heavy atom. The van der Waals surface area contributed by atoms with E-state index in [9.17, 15) is 5.11 Å². The zero-order valence-corrected chi connectivity index (χ0v) is 11.8. The number of nitrogen functional groups attached to an aromatic ring is 1. The first-order valence-corrected chi connectivity index (χ1v) is 6.29. The fraction of sp³-hybridized carbons (Fsp3) is 0.545. The molecule has 0 amide bonds. The number of imidazole rings is 1. The quantitative estimate of drug-likeness (QED) is 0.729. The number of anilines is 1. The minimum Gasteiger partial charge on any atom is -0.388 e. The maximum absolute atomic E-state index is 10.2. The molecule has 0 aliphatic heterocycles. The molecule has 2 unspecified atom stereocenters. The summed E-state index contributed by atoms with van der Waals surface area (Å²) in [5.41, 5.74) is 6.68. The van der Waals surface area contributed by atoms with Crippen LogP contribution in [0.2, 0.25) is 0 Å². The Labute approximate surface area is 115 Å². The van der Waals surface area contributed by atoms with Gasteiger partial charge in [-0.2, -0.15) is 4.98 Å². The van der Waals surface area contributed by atoms with Crippen molar-refractivity contribution in [2.24, 2.45) is 5.92 Å². The molecule has 0 spiro atoms. The minimum absolute atomic E-state index is 0.0259. The van der Waals surface area contributed by atoms with Crippen LogP contribution in [0.3, 0.4) is 0 Å². The molecule has 19 heavy (non-hydrogen) atoms. The van der Waals surface area contributed by atoms with Crippen molar-refractivity contribution in [2.45, 2.75) is 26.2 Å². The Kier molecular flexibility index (Phi) is 3.83. The molecular weight excluding hydrogens is 266 g/mol. The van der Waals surface area contributed by atoms with Gasteiger partial charge in [-0.3, -0.25) is 4.57 Å². The maximum Gasteiger partial charge on any atom is 0.200 e. The molecule has 7 nitrogen and oxygen atoms in total. The van der Waals surface area contributed by atoms with Gasteiger partial charge in [0.15, 0.2) is 11.9 Å². The van der Waals surface area contributed by atoms with Crippen molar-refractivity contribution in [2.75, 3.05) is 12.8 Å². The predicted octanol–water partition coefficient (Wildman–Crippen LogP) is 1.23. The molecule has 2 rings (SSSR count). The lowest BCUT2D eigenvalue weighted by molar-refractivity contribution is -0.0752. The Morgan fingerprint density at radius 1 is 1.53 bits per heavy atom. The molecule has 2 aromatic heterocycles. The summed E-state index contributed by atoms with van der Waals surface area (Å²) in [7, 11) is 1.52. The average Bonchev–Trinajstić information content (AvgIpc) is 2.74. The molecule has 0 radical (unpaired) electrons. The second-order valence-electron chi connectivity index (χ2n) is 4.64. The normalized spacial score (nSPS) is 15.0. The summed E-state index contributed by atoms with van der Waals surface area (Å²) in [6.07, 6.45) is 0.262. The molecule has 104 valence electrons. The van der Waals surface area contributed by atoms with Crippen LogP contribution in [0, 0.1) is 10.6 Å². The average molecular weight is 283 g/mol. The molecule has 0 aliphatic carbocycles. The number of nitrogens with one attached hydrogen (secondary N) is 1. The summed E-state index contributed by atoms with van der Waals surface area (Å²) in [5.74, 6) is 0.228. The third-order valence-electron chi connectivity index (χ3n) is 2.94. The van der Waals surface area contributed by atoms with E-state index in [2.05, 4.69) is 15.0 Å². The van der Waals surface area contributed by atoms with Gasteiger partial charge in [-0.1, -0.05) is 26.1 Å². The van der Waals surface area contributed by atoms with Crippen LogP contribution in [0.1, 0.15) is 20.1 Å². The predicted molar refractivity (Wildman–Crippen MR) is 74.0 cm³/mol.